The average molecular weight is 525 g/mol. The van der Waals surface area contributed by atoms with E-state index in [0.29, 0.717) is 44.3 Å². The highest BCUT2D eigenvalue weighted by atomic mass is 32.1. The first-order chi connectivity index (χ1) is 17.9. The fourth-order valence-electron chi connectivity index (χ4n) is 4.26. The van der Waals surface area contributed by atoms with Crippen LogP contribution in [0.4, 0.5) is 0 Å². The number of hydrogen-bond acceptors (Lipinski definition) is 9. The Morgan fingerprint density at radius 1 is 1.11 bits per heavy atom. The number of carbonyl (C=O) groups excluding carboxylic acids is 1. The van der Waals surface area contributed by atoms with E-state index in [1.165, 1.54) is 18.8 Å². The summed E-state index contributed by atoms with van der Waals surface area (Å²) < 4.78 is 23.8. The van der Waals surface area contributed by atoms with E-state index >= 15 is 0 Å². The molecule has 194 valence electrons. The maximum absolute atomic E-state index is 13.8. The van der Waals surface area contributed by atoms with Gasteiger partial charge in [0.2, 0.25) is 0 Å². The van der Waals surface area contributed by atoms with Crippen LogP contribution in [0.2, 0.25) is 0 Å². The Balaban J connectivity index is 2.03. The summed E-state index contributed by atoms with van der Waals surface area (Å²) in [5, 5.41) is 10.6. The van der Waals surface area contributed by atoms with E-state index in [0.717, 1.165) is 11.3 Å². The summed E-state index contributed by atoms with van der Waals surface area (Å²) in [6, 6.07) is 9.48. The third kappa shape index (κ3) is 4.72. The second-order valence-electron chi connectivity index (χ2n) is 8.01. The Labute approximate surface area is 217 Å². The number of methoxy groups -OCH3 is 2. The largest absolute Gasteiger partial charge is 0.504 e. The highest BCUT2D eigenvalue weighted by Gasteiger charge is 2.36. The van der Waals surface area contributed by atoms with Crippen molar-refractivity contribution in [3.63, 3.8) is 0 Å². The molecule has 1 aromatic heterocycles. The van der Waals surface area contributed by atoms with Crippen LogP contribution in [0.3, 0.4) is 0 Å². The van der Waals surface area contributed by atoms with Crippen LogP contribution in [-0.2, 0) is 9.53 Å². The van der Waals surface area contributed by atoms with Crippen LogP contribution in [0.5, 0.6) is 23.0 Å². The Morgan fingerprint density at radius 3 is 2.49 bits per heavy atom. The summed E-state index contributed by atoms with van der Waals surface area (Å²) >= 11 is 1.16. The number of phenols is 1. The number of rotatable bonds is 8. The number of allylic oxidation sites excluding steroid dienone is 1. The predicted octanol–water partition coefficient (Wildman–Crippen LogP) is 2.92. The van der Waals surface area contributed by atoms with Crippen molar-refractivity contribution in [2.24, 2.45) is 4.99 Å². The van der Waals surface area contributed by atoms with Gasteiger partial charge in [-0.2, -0.15) is 0 Å². The molecule has 0 amide bonds. The van der Waals surface area contributed by atoms with Gasteiger partial charge in [-0.25, -0.2) is 9.79 Å². The molecule has 0 spiro atoms. The van der Waals surface area contributed by atoms with Crippen LogP contribution in [0.25, 0.3) is 6.08 Å². The van der Waals surface area contributed by atoms with Gasteiger partial charge in [0.15, 0.2) is 27.8 Å². The van der Waals surface area contributed by atoms with Crippen molar-refractivity contribution in [2.75, 3.05) is 27.4 Å². The number of esters is 1. The molecule has 2 aromatic carbocycles. The van der Waals surface area contributed by atoms with E-state index in [-0.39, 0.29) is 29.2 Å². The lowest BCUT2D eigenvalue weighted by atomic mass is 9.94. The van der Waals surface area contributed by atoms with Crippen LogP contribution >= 0.6 is 11.3 Å². The van der Waals surface area contributed by atoms with Crippen molar-refractivity contribution in [1.29, 1.82) is 0 Å². The zero-order valence-electron chi connectivity index (χ0n) is 21.2. The highest BCUT2D eigenvalue weighted by molar-refractivity contribution is 7.07. The maximum atomic E-state index is 13.8. The second kappa shape index (κ2) is 10.9. The smallest absolute Gasteiger partial charge is 0.338 e. The molecule has 0 unspecified atom stereocenters. The van der Waals surface area contributed by atoms with Crippen LogP contribution in [0.15, 0.2) is 57.5 Å². The van der Waals surface area contributed by atoms with Crippen molar-refractivity contribution in [3.8, 4) is 23.0 Å². The van der Waals surface area contributed by atoms with Gasteiger partial charge in [0, 0.05) is 11.1 Å². The Kier molecular flexibility index (Phi) is 7.68. The zero-order valence-corrected chi connectivity index (χ0v) is 22.0. The zero-order chi connectivity index (χ0) is 26.7. The van der Waals surface area contributed by atoms with Gasteiger partial charge in [-0.15, -0.1) is 0 Å². The van der Waals surface area contributed by atoms with Crippen molar-refractivity contribution in [2.45, 2.75) is 26.8 Å². The van der Waals surface area contributed by atoms with E-state index in [9.17, 15) is 14.7 Å². The lowest BCUT2D eigenvalue weighted by Crippen LogP contribution is -2.40. The van der Waals surface area contributed by atoms with E-state index in [2.05, 4.69) is 4.99 Å². The molecule has 4 rings (SSSR count). The van der Waals surface area contributed by atoms with E-state index in [1.807, 2.05) is 6.92 Å². The van der Waals surface area contributed by atoms with Gasteiger partial charge in [-0.05, 0) is 39.0 Å². The molecule has 0 bridgehead atoms. The first-order valence-electron chi connectivity index (χ1n) is 11.7. The quantitative estimate of drug-likeness (QED) is 0.452. The van der Waals surface area contributed by atoms with Gasteiger partial charge in [-0.3, -0.25) is 9.36 Å². The number of benzene rings is 2. The van der Waals surface area contributed by atoms with Gasteiger partial charge in [0.25, 0.3) is 5.56 Å². The lowest BCUT2D eigenvalue weighted by Gasteiger charge is -2.26. The standard InChI is InChI=1S/C27H28N2O7S/c1-6-35-24-17(11-9-13-19(24)34-5)22-21(26(32)36-7-2)15(3)28-27-29(22)25(31)20(37-27)14-16-10-8-12-18(33-4)23(16)30/h8-14,22,30H,6-7H2,1-5H3/b20-14+/t22-/m0/s1. The van der Waals surface area contributed by atoms with Gasteiger partial charge in [0.05, 0.1) is 43.2 Å². The molecule has 1 N–H and O–H groups in total. The van der Waals surface area contributed by atoms with Crippen molar-refractivity contribution >= 4 is 23.4 Å². The van der Waals surface area contributed by atoms with E-state index in [1.54, 1.807) is 56.3 Å². The first kappa shape index (κ1) is 26.0. The lowest BCUT2D eigenvalue weighted by molar-refractivity contribution is -0.139. The van der Waals surface area contributed by atoms with Crippen molar-refractivity contribution in [1.82, 2.24) is 4.57 Å². The third-order valence-corrected chi connectivity index (χ3v) is 6.85. The third-order valence-electron chi connectivity index (χ3n) is 5.87. The average Bonchev–Trinajstić information content (AvgIpc) is 3.19. The maximum Gasteiger partial charge on any atom is 0.338 e. The number of hydrogen-bond donors (Lipinski definition) is 1. The van der Waals surface area contributed by atoms with Crippen molar-refractivity contribution in [3.05, 3.63) is 78.5 Å². The molecular weight excluding hydrogens is 496 g/mol. The summed E-state index contributed by atoms with van der Waals surface area (Å²) in [5.41, 5.74) is 1.27. The molecule has 37 heavy (non-hydrogen) atoms. The SMILES string of the molecule is CCOC(=O)C1=C(C)N=c2s/c(=C/c3cccc(OC)c3O)c(=O)n2[C@H]1c1cccc(OC)c1OCC. The van der Waals surface area contributed by atoms with Crippen LogP contribution < -0.4 is 29.1 Å². The van der Waals surface area contributed by atoms with E-state index in [4.69, 9.17) is 18.9 Å². The predicted molar refractivity (Wildman–Crippen MR) is 139 cm³/mol. The number of fused-ring (bicyclic) bond motifs is 1. The molecule has 9 nitrogen and oxygen atoms in total. The molecule has 0 saturated heterocycles. The molecule has 2 heterocycles. The molecule has 10 heteroatoms. The van der Waals surface area contributed by atoms with Crippen LogP contribution in [-0.4, -0.2) is 43.1 Å². The molecule has 0 saturated carbocycles. The van der Waals surface area contributed by atoms with Gasteiger partial charge >= 0.3 is 5.97 Å². The summed E-state index contributed by atoms with van der Waals surface area (Å²) in [4.78, 5) is 32.0. The summed E-state index contributed by atoms with van der Waals surface area (Å²) in [6.07, 6.45) is 1.58. The van der Waals surface area contributed by atoms with Gasteiger partial charge in [-0.1, -0.05) is 35.6 Å². The molecule has 0 aliphatic carbocycles. The summed E-state index contributed by atoms with van der Waals surface area (Å²) in [6.45, 7) is 5.79. The second-order valence-corrected chi connectivity index (χ2v) is 9.02. The number of ether oxygens (including phenoxy) is 4. The number of phenolic OH excluding ortho intramolecular Hbond substituents is 1. The summed E-state index contributed by atoms with van der Waals surface area (Å²) in [5.74, 6) is 0.535. The molecule has 3 aromatic rings. The molecule has 1 aliphatic heterocycles. The summed E-state index contributed by atoms with van der Waals surface area (Å²) in [7, 11) is 2.98. The molecular formula is C27H28N2O7S. The Bertz CT molecular complexity index is 1550. The highest BCUT2D eigenvalue weighted by Crippen LogP contribution is 2.40. The fourth-order valence-corrected chi connectivity index (χ4v) is 5.29. The Hall–Kier alpha value is -4.05. The number of aromatic hydroxyl groups is 1. The number of nitrogens with zero attached hydrogens (tertiary/aromatic N) is 2. The first-order valence-corrected chi connectivity index (χ1v) is 12.5. The molecule has 0 radical (unpaired) electrons. The molecule has 0 fully saturated rings. The number of thiazole rings is 1. The number of carbonyl (C=O) groups is 1. The normalized spacial score (nSPS) is 15.2. The van der Waals surface area contributed by atoms with Gasteiger partial charge in [0.1, 0.15) is 6.04 Å². The van der Waals surface area contributed by atoms with Crippen LogP contribution in [0.1, 0.15) is 37.9 Å². The minimum atomic E-state index is -0.868. The number of para-hydroxylation sites is 2. The van der Waals surface area contributed by atoms with Gasteiger partial charge < -0.3 is 24.1 Å². The minimum Gasteiger partial charge on any atom is -0.504 e. The molecule has 1 atom stereocenters. The number of aromatic nitrogens is 1. The minimum absolute atomic E-state index is 0.0813. The molecule has 1 aliphatic rings. The van der Waals surface area contributed by atoms with Crippen molar-refractivity contribution < 1.29 is 28.8 Å². The fraction of sp³-hybridized carbons (Fsp3) is 0.296. The van der Waals surface area contributed by atoms with E-state index < -0.39 is 12.0 Å². The monoisotopic (exact) mass is 524 g/mol. The topological polar surface area (TPSA) is 109 Å². The van der Waals surface area contributed by atoms with Crippen LogP contribution in [0, 0.1) is 0 Å². The Morgan fingerprint density at radius 2 is 1.81 bits per heavy atom.